The highest BCUT2D eigenvalue weighted by Gasteiger charge is 2.09. The molecule has 9 heteroatoms. The van der Waals surface area contributed by atoms with E-state index in [1.807, 2.05) is 35.9 Å². The summed E-state index contributed by atoms with van der Waals surface area (Å²) in [4.78, 5) is 16.9. The number of hydrogen-bond donors (Lipinski definition) is 2. The Morgan fingerprint density at radius 2 is 2.07 bits per heavy atom. The van der Waals surface area contributed by atoms with Gasteiger partial charge in [0.2, 0.25) is 0 Å². The van der Waals surface area contributed by atoms with E-state index in [0.29, 0.717) is 28.5 Å². The molecule has 1 aromatic carbocycles. The maximum absolute atomic E-state index is 12.3. The summed E-state index contributed by atoms with van der Waals surface area (Å²) in [5, 5.41) is 9.59. The van der Waals surface area contributed by atoms with Gasteiger partial charge in [0.15, 0.2) is 10.6 Å². The molecule has 29 heavy (non-hydrogen) atoms. The first-order valence-corrected chi connectivity index (χ1v) is 9.46. The summed E-state index contributed by atoms with van der Waals surface area (Å²) in [5.41, 5.74) is 3.42. The number of ether oxygens (including phenoxy) is 1. The van der Waals surface area contributed by atoms with Gasteiger partial charge in [0.25, 0.3) is 5.91 Å². The second-order valence-electron chi connectivity index (χ2n) is 6.65. The molecule has 3 heterocycles. The van der Waals surface area contributed by atoms with Crippen LogP contribution >= 0.6 is 12.2 Å². The normalized spacial score (nSPS) is 11.0. The van der Waals surface area contributed by atoms with Crippen molar-refractivity contribution in [2.75, 3.05) is 0 Å². The molecule has 0 spiro atoms. The zero-order valence-corrected chi connectivity index (χ0v) is 16.9. The fourth-order valence-electron chi connectivity index (χ4n) is 2.93. The number of pyridine rings is 1. The van der Waals surface area contributed by atoms with Crippen molar-refractivity contribution < 1.29 is 9.53 Å². The number of aromatic amines is 1. The number of H-pyrrole nitrogens is 1. The molecule has 0 unspecified atom stereocenters. The van der Waals surface area contributed by atoms with Gasteiger partial charge in [0, 0.05) is 25.0 Å². The Bertz CT molecular complexity index is 1220. The zero-order chi connectivity index (χ0) is 20.4. The van der Waals surface area contributed by atoms with Crippen molar-refractivity contribution in [3.05, 3.63) is 76.2 Å². The molecule has 8 nitrogen and oxygen atoms in total. The van der Waals surface area contributed by atoms with Crippen molar-refractivity contribution >= 4 is 23.8 Å². The summed E-state index contributed by atoms with van der Waals surface area (Å²) in [7, 11) is 1.80. The van der Waals surface area contributed by atoms with Gasteiger partial charge in [0.05, 0.1) is 12.2 Å². The van der Waals surface area contributed by atoms with Crippen LogP contribution in [0, 0.1) is 11.7 Å². The minimum Gasteiger partial charge on any atom is -0.487 e. The Morgan fingerprint density at radius 3 is 2.76 bits per heavy atom. The van der Waals surface area contributed by atoms with E-state index in [1.165, 1.54) is 0 Å². The first-order chi connectivity index (χ1) is 14.0. The number of hydrogen-bond acceptors (Lipinski definition) is 5. The summed E-state index contributed by atoms with van der Waals surface area (Å²) in [6, 6.07) is 11.0. The van der Waals surface area contributed by atoms with E-state index < -0.39 is 0 Å². The lowest BCUT2D eigenvalue weighted by Crippen LogP contribution is -2.24. The number of aromatic nitrogens is 5. The molecule has 0 saturated carbocycles. The molecule has 0 aliphatic heterocycles. The van der Waals surface area contributed by atoms with E-state index in [9.17, 15) is 4.79 Å². The van der Waals surface area contributed by atoms with Crippen LogP contribution in [0.4, 0.5) is 0 Å². The van der Waals surface area contributed by atoms with E-state index >= 15 is 0 Å². The lowest BCUT2D eigenvalue weighted by atomic mass is 10.2. The average Bonchev–Trinajstić information content (AvgIpc) is 3.29. The monoisotopic (exact) mass is 408 g/mol. The maximum Gasteiger partial charge on any atom is 0.251 e. The number of nitrogens with one attached hydrogen (secondary N) is 2. The molecule has 3 aromatic heterocycles. The highest BCUT2D eigenvalue weighted by atomic mass is 32.1. The molecule has 0 aliphatic rings. The standard InChI is InChI=1S/C20H20N6O2S/c1-13-4-3-9-26-11-15(22-18(13)26)12-28-16-7-5-14(6-8-16)19(27)21-10-17-23-24-20(29)25(17)2/h3-9,11H,10,12H2,1-2H3,(H,21,27)(H,24,29). The molecule has 0 atom stereocenters. The van der Waals surface area contributed by atoms with Gasteiger partial charge in [-0.25, -0.2) is 4.98 Å². The number of aryl methyl sites for hydroxylation is 1. The highest BCUT2D eigenvalue weighted by Crippen LogP contribution is 2.16. The maximum atomic E-state index is 12.3. The van der Waals surface area contributed by atoms with E-state index in [-0.39, 0.29) is 12.5 Å². The van der Waals surface area contributed by atoms with Crippen LogP contribution in [-0.4, -0.2) is 30.1 Å². The van der Waals surface area contributed by atoms with Crippen LogP contribution in [-0.2, 0) is 20.2 Å². The quantitative estimate of drug-likeness (QED) is 0.479. The molecular weight excluding hydrogens is 388 g/mol. The predicted octanol–water partition coefficient (Wildman–Crippen LogP) is 2.94. The number of fused-ring (bicyclic) bond motifs is 1. The first-order valence-electron chi connectivity index (χ1n) is 9.06. The van der Waals surface area contributed by atoms with Crippen molar-refractivity contribution in [2.24, 2.45) is 7.05 Å². The third kappa shape index (κ3) is 4.04. The second-order valence-corrected chi connectivity index (χ2v) is 7.04. The Morgan fingerprint density at radius 1 is 1.28 bits per heavy atom. The highest BCUT2D eigenvalue weighted by molar-refractivity contribution is 7.71. The summed E-state index contributed by atoms with van der Waals surface area (Å²) in [6.07, 6.45) is 3.91. The molecule has 0 bridgehead atoms. The third-order valence-corrected chi connectivity index (χ3v) is 4.98. The van der Waals surface area contributed by atoms with Crippen molar-refractivity contribution in [3.63, 3.8) is 0 Å². The van der Waals surface area contributed by atoms with Gasteiger partial charge in [-0.2, -0.15) is 5.10 Å². The minimum atomic E-state index is -0.193. The molecule has 2 N–H and O–H groups in total. The number of carbonyl (C=O) groups is 1. The lowest BCUT2D eigenvalue weighted by molar-refractivity contribution is 0.0949. The topological polar surface area (TPSA) is 89.2 Å². The Hall–Kier alpha value is -3.46. The van der Waals surface area contributed by atoms with Crippen LogP contribution in [0.2, 0.25) is 0 Å². The molecule has 0 radical (unpaired) electrons. The number of amides is 1. The van der Waals surface area contributed by atoms with Gasteiger partial charge in [-0.15, -0.1) is 0 Å². The third-order valence-electron chi connectivity index (χ3n) is 4.61. The van der Waals surface area contributed by atoms with Crippen LogP contribution < -0.4 is 10.1 Å². The van der Waals surface area contributed by atoms with Gasteiger partial charge in [-0.05, 0) is 55.0 Å². The molecule has 1 amide bonds. The van der Waals surface area contributed by atoms with Crippen molar-refractivity contribution in [2.45, 2.75) is 20.1 Å². The Balaban J connectivity index is 1.35. The number of nitrogens with zero attached hydrogens (tertiary/aromatic N) is 4. The smallest absolute Gasteiger partial charge is 0.251 e. The molecule has 4 rings (SSSR count). The fourth-order valence-corrected chi connectivity index (χ4v) is 3.08. The molecule has 148 valence electrons. The summed E-state index contributed by atoms with van der Waals surface area (Å²) in [6.45, 7) is 2.67. The van der Waals surface area contributed by atoms with Crippen molar-refractivity contribution in [1.29, 1.82) is 0 Å². The van der Waals surface area contributed by atoms with Crippen molar-refractivity contribution in [1.82, 2.24) is 29.5 Å². The van der Waals surface area contributed by atoms with Gasteiger partial charge in [0.1, 0.15) is 18.0 Å². The Labute approximate surface area is 172 Å². The van der Waals surface area contributed by atoms with Crippen molar-refractivity contribution in [3.8, 4) is 5.75 Å². The van der Waals surface area contributed by atoms with Gasteiger partial charge in [-0.1, -0.05) is 6.07 Å². The van der Waals surface area contributed by atoms with Gasteiger partial charge < -0.3 is 19.0 Å². The molecule has 0 aliphatic carbocycles. The van der Waals surface area contributed by atoms with Crippen LogP contribution in [0.1, 0.15) is 27.4 Å². The number of carbonyl (C=O) groups excluding carboxylic acids is 1. The summed E-state index contributed by atoms with van der Waals surface area (Å²) in [5.74, 6) is 1.14. The summed E-state index contributed by atoms with van der Waals surface area (Å²) >= 11 is 5.06. The molecule has 0 saturated heterocycles. The van der Waals surface area contributed by atoms with Crippen LogP contribution in [0.3, 0.4) is 0 Å². The van der Waals surface area contributed by atoms with E-state index in [2.05, 4.69) is 20.5 Å². The van der Waals surface area contributed by atoms with Crippen LogP contribution in [0.5, 0.6) is 5.75 Å². The number of imidazole rings is 1. The zero-order valence-electron chi connectivity index (χ0n) is 16.0. The van der Waals surface area contributed by atoms with Crippen LogP contribution in [0.15, 0.2) is 48.8 Å². The molecule has 0 fully saturated rings. The fraction of sp³-hybridized carbons (Fsp3) is 0.200. The Kier molecular flexibility index (Phi) is 5.13. The SMILES string of the molecule is Cc1cccn2cc(COc3ccc(C(=O)NCc4n[nH]c(=S)n4C)cc3)nc12. The van der Waals surface area contributed by atoms with Crippen LogP contribution in [0.25, 0.3) is 5.65 Å². The number of rotatable bonds is 6. The van der Waals surface area contributed by atoms with Gasteiger partial charge in [-0.3, -0.25) is 9.89 Å². The minimum absolute atomic E-state index is 0.193. The molecule has 4 aromatic rings. The summed E-state index contributed by atoms with van der Waals surface area (Å²) < 4.78 is 10.0. The average molecular weight is 408 g/mol. The molecular formula is C20H20N6O2S. The van der Waals surface area contributed by atoms with E-state index in [0.717, 1.165) is 16.9 Å². The first kappa shape index (κ1) is 18.9. The predicted molar refractivity (Wildman–Crippen MR) is 110 cm³/mol. The number of benzene rings is 1. The van der Waals surface area contributed by atoms with E-state index in [1.54, 1.807) is 35.9 Å². The van der Waals surface area contributed by atoms with E-state index in [4.69, 9.17) is 17.0 Å². The lowest BCUT2D eigenvalue weighted by Gasteiger charge is -2.07. The second kappa shape index (κ2) is 7.88. The van der Waals surface area contributed by atoms with Gasteiger partial charge >= 0.3 is 0 Å². The largest absolute Gasteiger partial charge is 0.487 e.